The highest BCUT2D eigenvalue weighted by molar-refractivity contribution is 6.09. The molecule has 2 aliphatic heterocycles. The third-order valence-corrected chi connectivity index (χ3v) is 7.31. The zero-order valence-electron chi connectivity index (χ0n) is 20.2. The number of likely N-dealkylation sites (tertiary alicyclic amines) is 1. The molecule has 182 valence electrons. The number of imide groups is 1. The third kappa shape index (κ3) is 4.01. The lowest BCUT2D eigenvalue weighted by molar-refractivity contribution is -0.127. The van der Waals surface area contributed by atoms with Crippen molar-refractivity contribution in [3.05, 3.63) is 64.7 Å². The van der Waals surface area contributed by atoms with E-state index >= 15 is 0 Å². The number of ether oxygens (including phenoxy) is 1. The minimum atomic E-state index is -1.16. The van der Waals surface area contributed by atoms with Crippen molar-refractivity contribution < 1.29 is 23.5 Å². The summed E-state index contributed by atoms with van der Waals surface area (Å²) in [5.41, 5.74) is 4.28. The van der Waals surface area contributed by atoms with Crippen LogP contribution in [0.15, 0.2) is 41.1 Å². The molecule has 8 heteroatoms. The second-order valence-corrected chi connectivity index (χ2v) is 9.71. The number of aryl methyl sites for hydroxylation is 2. The van der Waals surface area contributed by atoms with Gasteiger partial charge in [-0.25, -0.2) is 0 Å². The number of piperidine rings is 1. The molecule has 1 unspecified atom stereocenters. The smallest absolute Gasteiger partial charge is 0.255 e. The van der Waals surface area contributed by atoms with E-state index in [0.29, 0.717) is 30.3 Å². The van der Waals surface area contributed by atoms with Crippen LogP contribution < -0.4 is 5.32 Å². The third-order valence-electron chi connectivity index (χ3n) is 7.31. The largest absolute Gasteiger partial charge is 0.464 e. The molecular weight excluding hydrogens is 446 g/mol. The number of hydrogen-bond donors (Lipinski definition) is 1. The van der Waals surface area contributed by atoms with Gasteiger partial charge in [-0.05, 0) is 61.9 Å². The predicted octanol–water partition coefficient (Wildman–Crippen LogP) is 3.40. The molecule has 5 rings (SSSR count). The zero-order chi connectivity index (χ0) is 24.7. The zero-order valence-corrected chi connectivity index (χ0v) is 20.2. The van der Waals surface area contributed by atoms with Crippen LogP contribution in [-0.2, 0) is 19.7 Å². The molecule has 8 nitrogen and oxygen atoms in total. The van der Waals surface area contributed by atoms with Crippen LogP contribution in [0.4, 0.5) is 0 Å². The topological polar surface area (TPSA) is 102 Å². The number of amides is 3. The van der Waals surface area contributed by atoms with Crippen molar-refractivity contribution in [1.29, 1.82) is 0 Å². The minimum absolute atomic E-state index is 0.0186. The summed E-state index contributed by atoms with van der Waals surface area (Å²) in [4.78, 5) is 43.7. The highest BCUT2D eigenvalue weighted by Crippen LogP contribution is 2.37. The van der Waals surface area contributed by atoms with Gasteiger partial charge in [0.2, 0.25) is 11.8 Å². The molecule has 3 aromatic rings. The fourth-order valence-electron chi connectivity index (χ4n) is 5.55. The molecule has 1 aromatic carbocycles. The van der Waals surface area contributed by atoms with E-state index in [-0.39, 0.29) is 24.8 Å². The van der Waals surface area contributed by atoms with Gasteiger partial charge in [-0.3, -0.25) is 24.7 Å². The first-order valence-electron chi connectivity index (χ1n) is 11.9. The molecular formula is C27H29N3O5. The number of carbonyl (C=O) groups is 3. The Labute approximate surface area is 203 Å². The molecule has 2 aliphatic rings. The maximum atomic E-state index is 13.2. The number of carbonyl (C=O) groups excluding carboxylic acids is 3. The minimum Gasteiger partial charge on any atom is -0.464 e. The van der Waals surface area contributed by atoms with E-state index in [4.69, 9.17) is 9.15 Å². The van der Waals surface area contributed by atoms with Gasteiger partial charge < -0.3 is 14.1 Å². The van der Waals surface area contributed by atoms with E-state index in [1.807, 2.05) is 11.2 Å². The van der Waals surface area contributed by atoms with Crippen LogP contribution in [0.1, 0.15) is 57.9 Å². The fraction of sp³-hybridized carbons (Fsp3) is 0.407. The fourth-order valence-corrected chi connectivity index (χ4v) is 5.55. The number of fused-ring (bicyclic) bond motifs is 1. The van der Waals surface area contributed by atoms with Gasteiger partial charge in [0.05, 0.1) is 24.1 Å². The standard InChI is InChI=1S/C27H29N3O5/c1-16-10-17(2)24-20(14-35-21(24)11-16)18-6-8-30(9-7-18)25(32)19-4-5-22(28-13-19)27(15-34-3)12-23(31)29-26(27)33/h4-5,10-11,13-14,18H,6-9,12,15H2,1-3H3,(H,29,31,33). The van der Waals surface area contributed by atoms with Gasteiger partial charge in [-0.2, -0.15) is 0 Å². The van der Waals surface area contributed by atoms with Crippen LogP contribution in [0.2, 0.25) is 0 Å². The summed E-state index contributed by atoms with van der Waals surface area (Å²) in [7, 11) is 1.48. The number of benzene rings is 1. The molecule has 0 bridgehead atoms. The Balaban J connectivity index is 1.29. The summed E-state index contributed by atoms with van der Waals surface area (Å²) in [5.74, 6) is -0.517. The number of aromatic nitrogens is 1. The molecule has 3 amide bonds. The lowest BCUT2D eigenvalue weighted by atomic mass is 9.83. The van der Waals surface area contributed by atoms with Gasteiger partial charge >= 0.3 is 0 Å². The first kappa shape index (κ1) is 23.2. The molecule has 0 aliphatic carbocycles. The van der Waals surface area contributed by atoms with Crippen LogP contribution in [-0.4, -0.2) is 54.4 Å². The van der Waals surface area contributed by atoms with E-state index in [2.05, 4.69) is 36.3 Å². The first-order valence-corrected chi connectivity index (χ1v) is 11.9. The number of methoxy groups -OCH3 is 1. The number of nitrogens with one attached hydrogen (secondary N) is 1. The molecule has 2 saturated heterocycles. The van der Waals surface area contributed by atoms with E-state index in [0.717, 1.165) is 18.4 Å². The number of rotatable bonds is 5. The van der Waals surface area contributed by atoms with E-state index < -0.39 is 11.3 Å². The van der Waals surface area contributed by atoms with Gasteiger partial charge in [-0.15, -0.1) is 0 Å². The Morgan fingerprint density at radius 3 is 2.63 bits per heavy atom. The highest BCUT2D eigenvalue weighted by atomic mass is 16.5. The van der Waals surface area contributed by atoms with Gasteiger partial charge in [0.1, 0.15) is 11.0 Å². The normalized spacial score (nSPS) is 21.1. The SMILES string of the molecule is COCC1(c2ccc(C(=O)N3CCC(c4coc5cc(C)cc(C)c45)CC3)cn2)CC(=O)NC1=O. The maximum Gasteiger partial charge on any atom is 0.255 e. The molecule has 4 heterocycles. The van der Waals surface area contributed by atoms with E-state index in [1.165, 1.54) is 35.4 Å². The van der Waals surface area contributed by atoms with Crippen molar-refractivity contribution in [1.82, 2.24) is 15.2 Å². The molecule has 1 atom stereocenters. The molecule has 2 fully saturated rings. The Morgan fingerprint density at radius 1 is 1.23 bits per heavy atom. The predicted molar refractivity (Wildman–Crippen MR) is 129 cm³/mol. The summed E-state index contributed by atoms with van der Waals surface area (Å²) in [6.07, 6.45) is 5.07. The van der Waals surface area contributed by atoms with E-state index in [1.54, 1.807) is 12.1 Å². The molecule has 35 heavy (non-hydrogen) atoms. The van der Waals surface area contributed by atoms with Crippen LogP contribution in [0.5, 0.6) is 0 Å². The van der Waals surface area contributed by atoms with Crippen LogP contribution in [0.25, 0.3) is 11.0 Å². The van der Waals surface area contributed by atoms with Crippen molar-refractivity contribution in [3.63, 3.8) is 0 Å². The van der Waals surface area contributed by atoms with Gasteiger partial charge in [-0.1, -0.05) is 6.07 Å². The monoisotopic (exact) mass is 475 g/mol. The van der Waals surface area contributed by atoms with Crippen molar-refractivity contribution in [3.8, 4) is 0 Å². The van der Waals surface area contributed by atoms with Crippen molar-refractivity contribution >= 4 is 28.7 Å². The molecule has 0 saturated carbocycles. The lowest BCUT2D eigenvalue weighted by Crippen LogP contribution is -2.40. The Kier molecular flexibility index (Phi) is 5.92. The summed E-state index contributed by atoms with van der Waals surface area (Å²) < 4.78 is 11.1. The van der Waals surface area contributed by atoms with Crippen LogP contribution in [0, 0.1) is 13.8 Å². The lowest BCUT2D eigenvalue weighted by Gasteiger charge is -2.32. The number of nitrogens with zero attached hydrogens (tertiary/aromatic N) is 2. The molecule has 0 radical (unpaired) electrons. The highest BCUT2D eigenvalue weighted by Gasteiger charge is 2.49. The van der Waals surface area contributed by atoms with Crippen molar-refractivity contribution in [2.45, 2.75) is 44.4 Å². The second-order valence-electron chi connectivity index (χ2n) is 9.71. The van der Waals surface area contributed by atoms with Gasteiger partial charge in [0.15, 0.2) is 0 Å². The average molecular weight is 476 g/mol. The molecule has 2 aromatic heterocycles. The summed E-state index contributed by atoms with van der Waals surface area (Å²) in [6.45, 7) is 5.52. The Bertz CT molecular complexity index is 1300. The first-order chi connectivity index (χ1) is 16.8. The van der Waals surface area contributed by atoms with Gasteiger partial charge in [0, 0.05) is 43.8 Å². The Hall–Kier alpha value is -3.52. The Morgan fingerprint density at radius 2 is 2.00 bits per heavy atom. The number of furan rings is 1. The average Bonchev–Trinajstić information content (AvgIpc) is 3.39. The quantitative estimate of drug-likeness (QED) is 0.568. The summed E-state index contributed by atoms with van der Waals surface area (Å²) >= 11 is 0. The number of hydrogen-bond acceptors (Lipinski definition) is 6. The maximum absolute atomic E-state index is 13.2. The molecule has 0 spiro atoms. The second kappa shape index (κ2) is 8.92. The summed E-state index contributed by atoms with van der Waals surface area (Å²) in [6, 6.07) is 7.58. The van der Waals surface area contributed by atoms with Crippen molar-refractivity contribution in [2.24, 2.45) is 0 Å². The molecule has 1 N–H and O–H groups in total. The van der Waals surface area contributed by atoms with Crippen LogP contribution >= 0.6 is 0 Å². The summed E-state index contributed by atoms with van der Waals surface area (Å²) in [5, 5.41) is 3.53. The number of pyridine rings is 1. The van der Waals surface area contributed by atoms with E-state index in [9.17, 15) is 14.4 Å². The van der Waals surface area contributed by atoms with Gasteiger partial charge in [0.25, 0.3) is 5.91 Å². The van der Waals surface area contributed by atoms with Crippen molar-refractivity contribution in [2.75, 3.05) is 26.8 Å². The van der Waals surface area contributed by atoms with Crippen LogP contribution in [0.3, 0.4) is 0 Å².